The van der Waals surface area contributed by atoms with Crippen LogP contribution in [0.15, 0.2) is 0 Å². The number of likely N-dealkylation sites (tertiary alicyclic amines) is 1. The molecule has 1 unspecified atom stereocenters. The molecule has 2 heterocycles. The van der Waals surface area contributed by atoms with Gasteiger partial charge in [0, 0.05) is 18.3 Å². The minimum absolute atomic E-state index is 0.907. The van der Waals surface area contributed by atoms with Gasteiger partial charge in [-0.3, -0.25) is 0 Å². The highest BCUT2D eigenvalue weighted by molar-refractivity contribution is 7.99. The Labute approximate surface area is 111 Å². The van der Waals surface area contributed by atoms with Crippen LogP contribution in [0.1, 0.15) is 39.0 Å². The molecule has 17 heavy (non-hydrogen) atoms. The van der Waals surface area contributed by atoms with Crippen LogP contribution >= 0.6 is 11.8 Å². The summed E-state index contributed by atoms with van der Waals surface area (Å²) in [6.07, 6.45) is 7.09. The lowest BCUT2D eigenvalue weighted by Crippen LogP contribution is -2.38. The van der Waals surface area contributed by atoms with Gasteiger partial charge in [-0.1, -0.05) is 13.3 Å². The van der Waals surface area contributed by atoms with Gasteiger partial charge in [0.15, 0.2) is 0 Å². The summed E-state index contributed by atoms with van der Waals surface area (Å²) in [6.45, 7) is 8.85. The van der Waals surface area contributed by atoms with Crippen molar-refractivity contribution in [3.8, 4) is 0 Å². The first kappa shape index (κ1) is 13.7. The van der Waals surface area contributed by atoms with E-state index in [9.17, 15) is 0 Å². The summed E-state index contributed by atoms with van der Waals surface area (Å²) in [5, 5.41) is 4.38. The molecule has 0 saturated carbocycles. The highest BCUT2D eigenvalue weighted by atomic mass is 32.2. The third kappa shape index (κ3) is 4.80. The van der Waals surface area contributed by atoms with E-state index >= 15 is 0 Å². The van der Waals surface area contributed by atoms with E-state index in [0.29, 0.717) is 0 Å². The molecule has 2 rings (SSSR count). The Morgan fingerprint density at radius 1 is 1.18 bits per heavy atom. The first-order chi connectivity index (χ1) is 8.38. The van der Waals surface area contributed by atoms with E-state index in [1.54, 1.807) is 0 Å². The summed E-state index contributed by atoms with van der Waals surface area (Å²) in [6, 6.07) is 0. The Kier molecular flexibility index (Phi) is 6.16. The molecular weight excluding hydrogens is 228 g/mol. The van der Waals surface area contributed by atoms with Crippen LogP contribution < -0.4 is 5.32 Å². The van der Waals surface area contributed by atoms with Gasteiger partial charge in [0.2, 0.25) is 0 Å². The SMILES string of the molecule is CCSC1CCCCN(CC2CCNCC2)C1. The molecule has 1 N–H and O–H groups in total. The van der Waals surface area contributed by atoms with Gasteiger partial charge in [0.1, 0.15) is 0 Å². The topological polar surface area (TPSA) is 15.3 Å². The Bertz CT molecular complexity index is 204. The monoisotopic (exact) mass is 256 g/mol. The number of rotatable bonds is 4. The van der Waals surface area contributed by atoms with Crippen LogP contribution in [0.25, 0.3) is 0 Å². The van der Waals surface area contributed by atoms with E-state index in [-0.39, 0.29) is 0 Å². The summed E-state index contributed by atoms with van der Waals surface area (Å²) < 4.78 is 0. The van der Waals surface area contributed by atoms with Crippen molar-refractivity contribution in [3.05, 3.63) is 0 Å². The number of piperidine rings is 1. The second-order valence-electron chi connectivity index (χ2n) is 5.53. The summed E-state index contributed by atoms with van der Waals surface area (Å²) in [5.74, 6) is 2.24. The Balaban J connectivity index is 1.77. The minimum atomic E-state index is 0.907. The summed E-state index contributed by atoms with van der Waals surface area (Å²) >= 11 is 2.18. The lowest BCUT2D eigenvalue weighted by molar-refractivity contribution is 0.213. The fourth-order valence-electron chi connectivity index (χ4n) is 3.14. The highest BCUT2D eigenvalue weighted by Gasteiger charge is 2.21. The first-order valence-electron chi connectivity index (χ1n) is 7.43. The molecule has 0 aliphatic carbocycles. The number of hydrogen-bond donors (Lipinski definition) is 1. The largest absolute Gasteiger partial charge is 0.317 e. The summed E-state index contributed by atoms with van der Waals surface area (Å²) in [5.41, 5.74) is 0. The van der Waals surface area contributed by atoms with Crippen molar-refractivity contribution in [1.82, 2.24) is 10.2 Å². The molecule has 0 radical (unpaired) electrons. The molecule has 2 aliphatic rings. The van der Waals surface area contributed by atoms with Crippen LogP contribution in [0.5, 0.6) is 0 Å². The number of nitrogens with zero attached hydrogens (tertiary/aromatic N) is 1. The Morgan fingerprint density at radius 2 is 2.00 bits per heavy atom. The van der Waals surface area contributed by atoms with Crippen LogP contribution in [-0.4, -0.2) is 48.6 Å². The summed E-state index contributed by atoms with van der Waals surface area (Å²) in [7, 11) is 0. The zero-order valence-electron chi connectivity index (χ0n) is 11.3. The van der Waals surface area contributed by atoms with E-state index in [1.165, 1.54) is 70.6 Å². The van der Waals surface area contributed by atoms with Gasteiger partial charge in [-0.25, -0.2) is 0 Å². The highest BCUT2D eigenvalue weighted by Crippen LogP contribution is 2.23. The average molecular weight is 256 g/mol. The van der Waals surface area contributed by atoms with Gasteiger partial charge < -0.3 is 10.2 Å². The van der Waals surface area contributed by atoms with Crippen molar-refractivity contribution in [2.75, 3.05) is 38.5 Å². The van der Waals surface area contributed by atoms with E-state index in [4.69, 9.17) is 0 Å². The normalized spacial score (nSPS) is 29.1. The molecule has 0 bridgehead atoms. The third-order valence-corrected chi connectivity index (χ3v) is 5.28. The Morgan fingerprint density at radius 3 is 2.76 bits per heavy atom. The van der Waals surface area contributed by atoms with E-state index in [1.807, 2.05) is 0 Å². The van der Waals surface area contributed by atoms with E-state index in [0.717, 1.165) is 11.2 Å². The molecular formula is C14H28N2S. The van der Waals surface area contributed by atoms with Crippen LogP contribution in [-0.2, 0) is 0 Å². The van der Waals surface area contributed by atoms with Crippen molar-refractivity contribution in [3.63, 3.8) is 0 Å². The molecule has 0 aromatic carbocycles. The van der Waals surface area contributed by atoms with Crippen LogP contribution in [0, 0.1) is 5.92 Å². The zero-order valence-corrected chi connectivity index (χ0v) is 12.1. The fraction of sp³-hybridized carbons (Fsp3) is 1.00. The quantitative estimate of drug-likeness (QED) is 0.832. The van der Waals surface area contributed by atoms with Crippen molar-refractivity contribution in [2.45, 2.75) is 44.3 Å². The second kappa shape index (κ2) is 7.65. The maximum Gasteiger partial charge on any atom is 0.0174 e. The molecule has 0 aromatic rings. The van der Waals surface area contributed by atoms with Gasteiger partial charge in [-0.2, -0.15) is 11.8 Å². The molecule has 100 valence electrons. The third-order valence-electron chi connectivity index (χ3n) is 4.09. The van der Waals surface area contributed by atoms with Crippen LogP contribution in [0.2, 0.25) is 0 Å². The standard InChI is InChI=1S/C14H28N2S/c1-2-17-14-5-3-4-10-16(12-14)11-13-6-8-15-9-7-13/h13-15H,2-12H2,1H3. The second-order valence-corrected chi connectivity index (χ2v) is 7.10. The first-order valence-corrected chi connectivity index (χ1v) is 8.48. The van der Waals surface area contributed by atoms with Gasteiger partial charge in [0.05, 0.1) is 0 Å². The molecule has 1 atom stereocenters. The molecule has 0 aromatic heterocycles. The molecule has 2 fully saturated rings. The van der Waals surface area contributed by atoms with Gasteiger partial charge >= 0.3 is 0 Å². The number of thioether (sulfide) groups is 1. The lowest BCUT2D eigenvalue weighted by atomic mass is 9.97. The van der Waals surface area contributed by atoms with E-state index in [2.05, 4.69) is 28.9 Å². The smallest absolute Gasteiger partial charge is 0.0174 e. The molecule has 0 amide bonds. The van der Waals surface area contributed by atoms with Gasteiger partial charge in [-0.15, -0.1) is 0 Å². The maximum atomic E-state index is 3.47. The maximum absolute atomic E-state index is 3.47. The van der Waals surface area contributed by atoms with Gasteiger partial charge in [-0.05, 0) is 57.0 Å². The van der Waals surface area contributed by atoms with Crippen LogP contribution in [0.3, 0.4) is 0 Å². The predicted molar refractivity (Wildman–Crippen MR) is 77.8 cm³/mol. The van der Waals surface area contributed by atoms with Crippen molar-refractivity contribution >= 4 is 11.8 Å². The predicted octanol–water partition coefficient (Wildman–Crippen LogP) is 2.59. The van der Waals surface area contributed by atoms with Crippen molar-refractivity contribution in [1.29, 1.82) is 0 Å². The van der Waals surface area contributed by atoms with E-state index < -0.39 is 0 Å². The molecule has 2 nitrogen and oxygen atoms in total. The number of nitrogens with one attached hydrogen (secondary N) is 1. The fourth-order valence-corrected chi connectivity index (χ4v) is 4.27. The zero-order chi connectivity index (χ0) is 11.9. The van der Waals surface area contributed by atoms with Crippen molar-refractivity contribution < 1.29 is 0 Å². The average Bonchev–Trinajstić information content (AvgIpc) is 2.56. The lowest BCUT2D eigenvalue weighted by Gasteiger charge is -2.30. The Hall–Kier alpha value is 0.270. The summed E-state index contributed by atoms with van der Waals surface area (Å²) in [4.78, 5) is 2.76. The molecule has 2 saturated heterocycles. The van der Waals surface area contributed by atoms with Crippen LogP contribution in [0.4, 0.5) is 0 Å². The van der Waals surface area contributed by atoms with Crippen molar-refractivity contribution in [2.24, 2.45) is 5.92 Å². The molecule has 0 spiro atoms. The minimum Gasteiger partial charge on any atom is -0.317 e. The van der Waals surface area contributed by atoms with Gasteiger partial charge in [0.25, 0.3) is 0 Å². The molecule has 2 aliphatic heterocycles. The number of hydrogen-bond acceptors (Lipinski definition) is 3. The molecule has 3 heteroatoms.